The van der Waals surface area contributed by atoms with Crippen molar-refractivity contribution in [3.05, 3.63) is 52.4 Å². The number of anilines is 1. The molecule has 10 heteroatoms. The molecule has 170 valence electrons. The zero-order valence-corrected chi connectivity index (χ0v) is 19.2. The molecule has 0 saturated carbocycles. The van der Waals surface area contributed by atoms with Crippen molar-refractivity contribution in [2.24, 2.45) is 0 Å². The van der Waals surface area contributed by atoms with E-state index in [0.29, 0.717) is 45.9 Å². The summed E-state index contributed by atoms with van der Waals surface area (Å²) in [5, 5.41) is 5.62. The summed E-state index contributed by atoms with van der Waals surface area (Å²) in [6, 6.07) is 9.86. The molecule has 8 nitrogen and oxygen atoms in total. The van der Waals surface area contributed by atoms with Crippen LogP contribution in [-0.2, 0) is 4.79 Å². The maximum absolute atomic E-state index is 13.2. The maximum Gasteiger partial charge on any atom is 0.258 e. The Morgan fingerprint density at radius 1 is 1.21 bits per heavy atom. The maximum atomic E-state index is 13.2. The lowest BCUT2D eigenvalue weighted by Crippen LogP contribution is -2.43. The van der Waals surface area contributed by atoms with Crippen LogP contribution in [0.4, 0.5) is 5.13 Å². The molecule has 0 radical (unpaired) electrons. The molecule has 1 N–H and O–H groups in total. The molecule has 0 aliphatic carbocycles. The molecule has 1 fully saturated rings. The van der Waals surface area contributed by atoms with Gasteiger partial charge in [-0.3, -0.25) is 9.59 Å². The summed E-state index contributed by atoms with van der Waals surface area (Å²) in [4.78, 5) is 32.3. The first-order valence-electron chi connectivity index (χ1n) is 10.3. The van der Waals surface area contributed by atoms with Gasteiger partial charge in [0.05, 0.1) is 18.4 Å². The van der Waals surface area contributed by atoms with Crippen LogP contribution in [0.15, 0.2) is 41.8 Å². The lowest BCUT2D eigenvalue weighted by molar-refractivity contribution is -0.119. The van der Waals surface area contributed by atoms with Crippen LogP contribution in [0, 0.1) is 0 Å². The van der Waals surface area contributed by atoms with Gasteiger partial charge < -0.3 is 24.4 Å². The van der Waals surface area contributed by atoms with Crippen LogP contribution in [0.2, 0.25) is 5.02 Å². The lowest BCUT2D eigenvalue weighted by atomic mass is 10.1. The van der Waals surface area contributed by atoms with Gasteiger partial charge in [0.2, 0.25) is 12.7 Å². The lowest BCUT2D eigenvalue weighted by Gasteiger charge is -2.24. The minimum Gasteiger partial charge on any atom is -0.496 e. The molecule has 0 bridgehead atoms. The Kier molecular flexibility index (Phi) is 5.82. The third-order valence-corrected chi connectivity index (χ3v) is 6.60. The van der Waals surface area contributed by atoms with Gasteiger partial charge in [0.1, 0.15) is 11.8 Å². The van der Waals surface area contributed by atoms with E-state index in [9.17, 15) is 9.59 Å². The van der Waals surface area contributed by atoms with Crippen molar-refractivity contribution < 1.29 is 23.8 Å². The van der Waals surface area contributed by atoms with E-state index in [1.807, 2.05) is 23.6 Å². The predicted molar refractivity (Wildman–Crippen MR) is 124 cm³/mol. The monoisotopic (exact) mass is 485 g/mol. The van der Waals surface area contributed by atoms with E-state index < -0.39 is 6.04 Å². The zero-order chi connectivity index (χ0) is 22.9. The van der Waals surface area contributed by atoms with Crippen LogP contribution in [-0.4, -0.2) is 48.2 Å². The number of carbonyl (C=O) groups is 2. The largest absolute Gasteiger partial charge is 0.496 e. The highest BCUT2D eigenvalue weighted by molar-refractivity contribution is 7.14. The van der Waals surface area contributed by atoms with Crippen LogP contribution in [0.5, 0.6) is 17.2 Å². The predicted octanol–water partition coefficient (Wildman–Crippen LogP) is 4.44. The van der Waals surface area contributed by atoms with Gasteiger partial charge in [0.15, 0.2) is 16.6 Å². The molecular formula is C23H20ClN3O5S. The van der Waals surface area contributed by atoms with E-state index in [-0.39, 0.29) is 18.6 Å². The molecule has 1 saturated heterocycles. The number of nitrogens with one attached hydrogen (secondary N) is 1. The van der Waals surface area contributed by atoms with E-state index in [0.717, 1.165) is 17.7 Å². The Morgan fingerprint density at radius 2 is 2.06 bits per heavy atom. The van der Waals surface area contributed by atoms with E-state index >= 15 is 0 Å². The fourth-order valence-corrected chi connectivity index (χ4v) is 4.89. The Bertz CT molecular complexity index is 1230. The van der Waals surface area contributed by atoms with Gasteiger partial charge >= 0.3 is 0 Å². The van der Waals surface area contributed by atoms with Crippen LogP contribution in [0.3, 0.4) is 0 Å². The number of hydrogen-bond donors (Lipinski definition) is 1. The number of carbonyl (C=O) groups excluding carboxylic acids is 2. The normalized spacial score (nSPS) is 16.7. The van der Waals surface area contributed by atoms with Gasteiger partial charge in [-0.15, -0.1) is 11.3 Å². The van der Waals surface area contributed by atoms with Crippen molar-refractivity contribution in [1.82, 2.24) is 9.88 Å². The SMILES string of the molecule is COc1ccc(Cl)cc1C(=O)N1CCCC1C(=O)Nc1nc(-c2ccc3c(c2)OCO3)cs1. The van der Waals surface area contributed by atoms with Crippen molar-refractivity contribution in [2.45, 2.75) is 18.9 Å². The molecule has 1 atom stereocenters. The first-order chi connectivity index (χ1) is 16.0. The fraction of sp³-hybridized carbons (Fsp3) is 0.261. The molecule has 2 amide bonds. The average molecular weight is 486 g/mol. The second-order valence-corrected chi connectivity index (χ2v) is 8.89. The molecule has 1 aromatic heterocycles. The number of thiazole rings is 1. The Balaban J connectivity index is 1.31. The summed E-state index contributed by atoms with van der Waals surface area (Å²) in [7, 11) is 1.49. The van der Waals surface area contributed by atoms with Gasteiger partial charge in [-0.05, 0) is 49.2 Å². The number of aromatic nitrogens is 1. The van der Waals surface area contributed by atoms with Gasteiger partial charge in [-0.25, -0.2) is 4.98 Å². The number of methoxy groups -OCH3 is 1. The van der Waals surface area contributed by atoms with Gasteiger partial charge in [0.25, 0.3) is 5.91 Å². The summed E-state index contributed by atoms with van der Waals surface area (Å²) < 4.78 is 16.1. The smallest absolute Gasteiger partial charge is 0.258 e. The number of amides is 2. The summed E-state index contributed by atoms with van der Waals surface area (Å²) in [6.07, 6.45) is 1.30. The first-order valence-corrected chi connectivity index (χ1v) is 11.6. The Labute approximate surface area is 199 Å². The average Bonchev–Trinajstić information content (AvgIpc) is 3.58. The molecule has 3 heterocycles. The third kappa shape index (κ3) is 4.21. The van der Waals surface area contributed by atoms with Gasteiger partial charge in [0, 0.05) is 22.5 Å². The number of fused-ring (bicyclic) bond motifs is 1. The Morgan fingerprint density at radius 3 is 2.91 bits per heavy atom. The second kappa shape index (κ2) is 8.92. The third-order valence-electron chi connectivity index (χ3n) is 5.61. The minimum atomic E-state index is -0.598. The number of likely N-dealkylation sites (tertiary alicyclic amines) is 1. The Hall–Kier alpha value is -3.30. The number of halogens is 1. The van der Waals surface area contributed by atoms with Crippen LogP contribution in [0.1, 0.15) is 23.2 Å². The van der Waals surface area contributed by atoms with Crippen molar-refractivity contribution in [3.8, 4) is 28.5 Å². The van der Waals surface area contributed by atoms with Crippen molar-refractivity contribution in [2.75, 3.05) is 25.8 Å². The number of benzene rings is 2. The standard InChI is InChI=1S/C23H20ClN3O5S/c1-30-18-7-5-14(24)10-15(18)22(29)27-8-2-3-17(27)21(28)26-23-25-16(11-33-23)13-4-6-19-20(9-13)32-12-31-19/h4-7,9-11,17H,2-3,8,12H2,1H3,(H,25,26,28). The summed E-state index contributed by atoms with van der Waals surface area (Å²) >= 11 is 7.41. The molecule has 33 heavy (non-hydrogen) atoms. The highest BCUT2D eigenvalue weighted by Crippen LogP contribution is 2.37. The number of hydrogen-bond acceptors (Lipinski definition) is 7. The van der Waals surface area contributed by atoms with Crippen molar-refractivity contribution in [3.63, 3.8) is 0 Å². The van der Waals surface area contributed by atoms with Crippen molar-refractivity contribution in [1.29, 1.82) is 0 Å². The number of nitrogens with zero attached hydrogens (tertiary/aromatic N) is 2. The molecule has 0 spiro atoms. The molecule has 1 unspecified atom stereocenters. The highest BCUT2D eigenvalue weighted by Gasteiger charge is 2.36. The fourth-order valence-electron chi connectivity index (χ4n) is 3.99. The zero-order valence-electron chi connectivity index (χ0n) is 17.7. The topological polar surface area (TPSA) is 90.0 Å². The molecule has 3 aromatic rings. The van der Waals surface area contributed by atoms with E-state index in [2.05, 4.69) is 10.3 Å². The molecular weight excluding hydrogens is 466 g/mol. The van der Waals surface area contributed by atoms with Crippen LogP contribution >= 0.6 is 22.9 Å². The summed E-state index contributed by atoms with van der Waals surface area (Å²) in [5.41, 5.74) is 1.92. The quantitative estimate of drug-likeness (QED) is 0.574. The molecule has 5 rings (SSSR count). The van der Waals surface area contributed by atoms with Crippen LogP contribution < -0.4 is 19.5 Å². The van der Waals surface area contributed by atoms with Gasteiger partial charge in [-0.2, -0.15) is 0 Å². The minimum absolute atomic E-state index is 0.203. The number of rotatable bonds is 5. The molecule has 2 aliphatic rings. The summed E-state index contributed by atoms with van der Waals surface area (Å²) in [5.74, 6) is 1.23. The van der Waals surface area contributed by atoms with Gasteiger partial charge in [-0.1, -0.05) is 11.6 Å². The molecule has 2 aromatic carbocycles. The number of ether oxygens (including phenoxy) is 3. The second-order valence-electron chi connectivity index (χ2n) is 7.60. The molecule has 2 aliphatic heterocycles. The van der Waals surface area contributed by atoms with Crippen LogP contribution in [0.25, 0.3) is 11.3 Å². The van der Waals surface area contributed by atoms with E-state index in [1.165, 1.54) is 18.4 Å². The van der Waals surface area contributed by atoms with E-state index in [1.54, 1.807) is 23.1 Å². The highest BCUT2D eigenvalue weighted by atomic mass is 35.5. The van der Waals surface area contributed by atoms with E-state index in [4.69, 9.17) is 25.8 Å². The summed E-state index contributed by atoms with van der Waals surface area (Å²) in [6.45, 7) is 0.682. The van der Waals surface area contributed by atoms with Crippen molar-refractivity contribution >= 4 is 39.9 Å². The first kappa shape index (κ1) is 21.5.